The number of piperidine rings is 1. The Morgan fingerprint density at radius 3 is 2.94 bits per heavy atom. The van der Waals surface area contributed by atoms with Crippen molar-refractivity contribution in [3.63, 3.8) is 0 Å². The Morgan fingerprint density at radius 2 is 2.29 bits per heavy atom. The zero-order valence-electron chi connectivity index (χ0n) is 10.7. The molecule has 0 aromatic carbocycles. The molecule has 0 spiro atoms. The lowest BCUT2D eigenvalue weighted by Gasteiger charge is -2.29. The zero-order valence-corrected chi connectivity index (χ0v) is 10.7. The summed E-state index contributed by atoms with van der Waals surface area (Å²) in [6.45, 7) is 3.99. The first-order valence-electron chi connectivity index (χ1n) is 6.90. The van der Waals surface area contributed by atoms with Crippen LogP contribution in [-0.2, 0) is 9.53 Å². The van der Waals surface area contributed by atoms with E-state index in [1.807, 2.05) is 0 Å². The molecule has 2 N–H and O–H groups in total. The maximum Gasteiger partial charge on any atom is 0.222 e. The summed E-state index contributed by atoms with van der Waals surface area (Å²) in [7, 11) is 0. The second-order valence-electron chi connectivity index (χ2n) is 5.25. The molecule has 2 heterocycles. The van der Waals surface area contributed by atoms with E-state index in [-0.39, 0.29) is 18.1 Å². The number of rotatable bonds is 4. The third-order valence-electron chi connectivity index (χ3n) is 3.78. The fraction of sp³-hybridized carbons (Fsp3) is 0.923. The van der Waals surface area contributed by atoms with Crippen molar-refractivity contribution in [2.75, 3.05) is 13.2 Å². The Labute approximate surface area is 103 Å². The van der Waals surface area contributed by atoms with Gasteiger partial charge in [-0.3, -0.25) is 4.79 Å². The smallest absolute Gasteiger partial charge is 0.222 e. The number of ether oxygens (including phenoxy) is 1. The molecule has 0 aromatic heterocycles. The van der Waals surface area contributed by atoms with Crippen LogP contribution in [0.5, 0.6) is 0 Å². The summed E-state index contributed by atoms with van der Waals surface area (Å²) in [4.78, 5) is 11.8. The Hall–Kier alpha value is -0.610. The summed E-state index contributed by atoms with van der Waals surface area (Å²) in [5.74, 6) is 0.136. The normalized spacial score (nSPS) is 31.1. The van der Waals surface area contributed by atoms with E-state index >= 15 is 0 Å². The molecule has 2 aliphatic heterocycles. The van der Waals surface area contributed by atoms with Crippen LogP contribution in [0.2, 0.25) is 0 Å². The van der Waals surface area contributed by atoms with Crippen molar-refractivity contribution < 1.29 is 9.53 Å². The second kappa shape index (κ2) is 6.36. The molecule has 2 aliphatic rings. The Morgan fingerprint density at radius 1 is 1.41 bits per heavy atom. The molecule has 3 atom stereocenters. The van der Waals surface area contributed by atoms with Crippen LogP contribution >= 0.6 is 0 Å². The van der Waals surface area contributed by atoms with Crippen LogP contribution in [0.25, 0.3) is 0 Å². The maximum atomic E-state index is 11.8. The average Bonchev–Trinajstić information content (AvgIpc) is 2.82. The molecule has 1 amide bonds. The van der Waals surface area contributed by atoms with Crippen molar-refractivity contribution in [3.05, 3.63) is 0 Å². The van der Waals surface area contributed by atoms with Gasteiger partial charge in [-0.25, -0.2) is 0 Å². The largest absolute Gasteiger partial charge is 0.378 e. The minimum atomic E-state index is 0.136. The van der Waals surface area contributed by atoms with Crippen molar-refractivity contribution in [2.24, 2.45) is 0 Å². The number of carbonyl (C=O) groups excluding carboxylic acids is 1. The van der Waals surface area contributed by atoms with E-state index in [2.05, 4.69) is 17.6 Å². The first kappa shape index (κ1) is 12.8. The van der Waals surface area contributed by atoms with Crippen LogP contribution in [0.1, 0.15) is 45.4 Å². The van der Waals surface area contributed by atoms with Crippen molar-refractivity contribution in [2.45, 2.75) is 63.6 Å². The first-order valence-corrected chi connectivity index (χ1v) is 6.90. The van der Waals surface area contributed by atoms with E-state index < -0.39 is 0 Å². The van der Waals surface area contributed by atoms with Gasteiger partial charge in [-0.2, -0.15) is 0 Å². The van der Waals surface area contributed by atoms with E-state index in [1.165, 1.54) is 19.3 Å². The third kappa shape index (κ3) is 3.96. The average molecular weight is 240 g/mol. The molecule has 0 radical (unpaired) electrons. The van der Waals surface area contributed by atoms with Gasteiger partial charge in [0.2, 0.25) is 5.91 Å². The highest BCUT2D eigenvalue weighted by atomic mass is 16.5. The summed E-state index contributed by atoms with van der Waals surface area (Å²) in [6.07, 6.45) is 6.50. The van der Waals surface area contributed by atoms with Crippen molar-refractivity contribution in [3.8, 4) is 0 Å². The summed E-state index contributed by atoms with van der Waals surface area (Å²) in [5.41, 5.74) is 0. The van der Waals surface area contributed by atoms with E-state index in [9.17, 15) is 4.79 Å². The zero-order chi connectivity index (χ0) is 12.1. The van der Waals surface area contributed by atoms with Gasteiger partial charge in [0.25, 0.3) is 0 Å². The number of amides is 1. The molecule has 3 unspecified atom stereocenters. The number of hydrogen-bond acceptors (Lipinski definition) is 3. The minimum absolute atomic E-state index is 0.136. The third-order valence-corrected chi connectivity index (χ3v) is 3.78. The van der Waals surface area contributed by atoms with Crippen LogP contribution in [0, 0.1) is 0 Å². The minimum Gasteiger partial charge on any atom is -0.378 e. The molecule has 98 valence electrons. The SMILES string of the molecule is CC(NC(=O)CC1CCCO1)C1CCCCN1. The van der Waals surface area contributed by atoms with Crippen LogP contribution in [0.3, 0.4) is 0 Å². The molecule has 0 bridgehead atoms. The Balaban J connectivity index is 1.69. The van der Waals surface area contributed by atoms with Crippen LogP contribution < -0.4 is 10.6 Å². The molecule has 2 fully saturated rings. The molecule has 2 rings (SSSR count). The summed E-state index contributed by atoms with van der Waals surface area (Å²) in [5, 5.41) is 6.57. The molecule has 0 saturated carbocycles. The van der Waals surface area contributed by atoms with Gasteiger partial charge in [-0.05, 0) is 39.2 Å². The first-order chi connectivity index (χ1) is 8.25. The highest BCUT2D eigenvalue weighted by molar-refractivity contribution is 5.76. The van der Waals surface area contributed by atoms with E-state index in [1.54, 1.807) is 0 Å². The van der Waals surface area contributed by atoms with Gasteiger partial charge in [0.15, 0.2) is 0 Å². The lowest BCUT2D eigenvalue weighted by Crippen LogP contribution is -2.50. The van der Waals surface area contributed by atoms with Gasteiger partial charge in [0, 0.05) is 18.7 Å². The number of nitrogens with one attached hydrogen (secondary N) is 2. The Bertz CT molecular complexity index is 246. The fourth-order valence-electron chi connectivity index (χ4n) is 2.73. The molecule has 0 aromatic rings. The van der Waals surface area contributed by atoms with Gasteiger partial charge in [0.1, 0.15) is 0 Å². The predicted octanol–water partition coefficient (Wildman–Crippen LogP) is 1.20. The van der Waals surface area contributed by atoms with Crippen LogP contribution in [-0.4, -0.2) is 37.2 Å². The van der Waals surface area contributed by atoms with Crippen molar-refractivity contribution in [1.29, 1.82) is 0 Å². The van der Waals surface area contributed by atoms with Gasteiger partial charge in [0.05, 0.1) is 12.5 Å². The highest BCUT2D eigenvalue weighted by Crippen LogP contribution is 2.15. The van der Waals surface area contributed by atoms with Crippen LogP contribution in [0.15, 0.2) is 0 Å². The molecule has 2 saturated heterocycles. The summed E-state index contributed by atoms with van der Waals surface area (Å²) >= 11 is 0. The molecular weight excluding hydrogens is 216 g/mol. The van der Waals surface area contributed by atoms with Gasteiger partial charge in [-0.15, -0.1) is 0 Å². The number of hydrogen-bond donors (Lipinski definition) is 2. The molecule has 17 heavy (non-hydrogen) atoms. The van der Waals surface area contributed by atoms with Gasteiger partial charge in [-0.1, -0.05) is 6.42 Å². The molecule has 4 nitrogen and oxygen atoms in total. The summed E-state index contributed by atoms with van der Waals surface area (Å²) in [6, 6.07) is 0.668. The van der Waals surface area contributed by atoms with E-state index in [4.69, 9.17) is 4.74 Å². The number of carbonyl (C=O) groups is 1. The lowest BCUT2D eigenvalue weighted by molar-refractivity contribution is -0.124. The van der Waals surface area contributed by atoms with Gasteiger partial charge < -0.3 is 15.4 Å². The maximum absolute atomic E-state index is 11.8. The van der Waals surface area contributed by atoms with Crippen molar-refractivity contribution >= 4 is 5.91 Å². The van der Waals surface area contributed by atoms with E-state index in [0.717, 1.165) is 26.0 Å². The second-order valence-corrected chi connectivity index (χ2v) is 5.25. The van der Waals surface area contributed by atoms with Crippen LogP contribution in [0.4, 0.5) is 0 Å². The Kier molecular flexibility index (Phi) is 4.80. The van der Waals surface area contributed by atoms with E-state index in [0.29, 0.717) is 12.5 Å². The molecule has 4 heteroatoms. The highest BCUT2D eigenvalue weighted by Gasteiger charge is 2.23. The fourth-order valence-corrected chi connectivity index (χ4v) is 2.73. The lowest BCUT2D eigenvalue weighted by atomic mass is 9.99. The predicted molar refractivity (Wildman–Crippen MR) is 66.8 cm³/mol. The van der Waals surface area contributed by atoms with Gasteiger partial charge >= 0.3 is 0 Å². The quantitative estimate of drug-likeness (QED) is 0.776. The topological polar surface area (TPSA) is 50.4 Å². The monoisotopic (exact) mass is 240 g/mol. The molecule has 0 aliphatic carbocycles. The summed E-state index contributed by atoms with van der Waals surface area (Å²) < 4.78 is 5.47. The molecular formula is C13H24N2O2. The standard InChI is InChI=1S/C13H24N2O2/c1-10(12-6-2-3-7-14-12)15-13(16)9-11-5-4-8-17-11/h10-12,14H,2-9H2,1H3,(H,15,16). The van der Waals surface area contributed by atoms with Crippen molar-refractivity contribution in [1.82, 2.24) is 10.6 Å².